The molecule has 2 heterocycles. The first-order valence-corrected chi connectivity index (χ1v) is 10.3. The number of hydrogen-bond donors (Lipinski definition) is 0. The maximum absolute atomic E-state index is 13.5. The van der Waals surface area contributed by atoms with Crippen molar-refractivity contribution in [2.75, 3.05) is 34.3 Å². The van der Waals surface area contributed by atoms with E-state index in [9.17, 15) is 14.4 Å². The van der Waals surface area contributed by atoms with Crippen LogP contribution in [0.5, 0.6) is 0 Å². The van der Waals surface area contributed by atoms with Gasteiger partial charge in [0.2, 0.25) is 11.4 Å². The lowest BCUT2D eigenvalue weighted by atomic mass is 9.84. The minimum atomic E-state index is -1.47. The molecule has 7 heteroatoms. The molecule has 0 N–H and O–H groups in total. The van der Waals surface area contributed by atoms with Gasteiger partial charge >= 0.3 is 11.9 Å². The van der Waals surface area contributed by atoms with Gasteiger partial charge in [0, 0.05) is 44.4 Å². The molecule has 2 aliphatic rings. The molecule has 2 aromatic rings. The standard InChI is InChI=1S/C25H24N2O5/c1-26-14-15-27(2)23-21(22(29)17-10-6-4-7-11-17)24(30)32-25(23,18-12-8-5-9-13-18)19(26)16-20(28)31-3/h4-13,16H,14-15H2,1-3H3/b19-16-. The predicted molar refractivity (Wildman–Crippen MR) is 117 cm³/mol. The first-order chi connectivity index (χ1) is 15.4. The summed E-state index contributed by atoms with van der Waals surface area (Å²) in [7, 11) is 4.93. The van der Waals surface area contributed by atoms with Gasteiger partial charge in [-0.25, -0.2) is 9.59 Å². The van der Waals surface area contributed by atoms with Crippen molar-refractivity contribution in [3.63, 3.8) is 0 Å². The first kappa shape index (κ1) is 21.4. The lowest BCUT2D eigenvalue weighted by molar-refractivity contribution is -0.146. The third-order valence-corrected chi connectivity index (χ3v) is 5.84. The second kappa shape index (κ2) is 8.34. The number of fused-ring (bicyclic) bond motifs is 1. The molecule has 0 bridgehead atoms. The van der Waals surface area contributed by atoms with Gasteiger partial charge in [-0.1, -0.05) is 60.7 Å². The molecule has 1 unspecified atom stereocenters. The van der Waals surface area contributed by atoms with E-state index in [1.807, 2.05) is 54.2 Å². The molecule has 164 valence electrons. The van der Waals surface area contributed by atoms with Gasteiger partial charge in [-0.2, -0.15) is 0 Å². The zero-order valence-electron chi connectivity index (χ0n) is 18.2. The largest absolute Gasteiger partial charge is 0.466 e. The summed E-state index contributed by atoms with van der Waals surface area (Å²) in [6.45, 7) is 1.06. The van der Waals surface area contributed by atoms with E-state index >= 15 is 0 Å². The topological polar surface area (TPSA) is 76.2 Å². The molecule has 1 fully saturated rings. The summed E-state index contributed by atoms with van der Waals surface area (Å²) in [5, 5.41) is 0. The Kier molecular flexibility index (Phi) is 5.57. The molecule has 7 nitrogen and oxygen atoms in total. The summed E-state index contributed by atoms with van der Waals surface area (Å²) in [6.07, 6.45) is 1.33. The van der Waals surface area contributed by atoms with Crippen molar-refractivity contribution in [2.45, 2.75) is 5.60 Å². The Labute approximate surface area is 186 Å². The molecule has 1 saturated heterocycles. The number of benzene rings is 2. The maximum atomic E-state index is 13.5. The smallest absolute Gasteiger partial charge is 0.345 e. The van der Waals surface area contributed by atoms with E-state index in [1.54, 1.807) is 30.3 Å². The highest BCUT2D eigenvalue weighted by molar-refractivity contribution is 6.26. The molecule has 2 aliphatic heterocycles. The van der Waals surface area contributed by atoms with Gasteiger partial charge in [0.05, 0.1) is 18.5 Å². The number of likely N-dealkylation sites (N-methyl/N-ethyl adjacent to an activating group) is 2. The minimum absolute atomic E-state index is 0.0337. The highest BCUT2D eigenvalue weighted by Gasteiger charge is 2.57. The maximum Gasteiger partial charge on any atom is 0.345 e. The number of hydrogen-bond acceptors (Lipinski definition) is 7. The van der Waals surface area contributed by atoms with E-state index in [-0.39, 0.29) is 5.57 Å². The molecule has 0 aromatic heterocycles. The van der Waals surface area contributed by atoms with Crippen LogP contribution >= 0.6 is 0 Å². The summed E-state index contributed by atoms with van der Waals surface area (Å²) in [4.78, 5) is 42.9. The third-order valence-electron chi connectivity index (χ3n) is 5.84. The zero-order chi connectivity index (χ0) is 22.9. The van der Waals surface area contributed by atoms with Crippen molar-refractivity contribution in [1.82, 2.24) is 9.80 Å². The van der Waals surface area contributed by atoms with E-state index in [1.165, 1.54) is 13.2 Å². The number of ketones is 1. The molecular formula is C25H24N2O5. The fraction of sp³-hybridized carbons (Fsp3) is 0.240. The lowest BCUT2D eigenvalue weighted by Gasteiger charge is -2.37. The van der Waals surface area contributed by atoms with Crippen LogP contribution in [-0.2, 0) is 24.7 Å². The van der Waals surface area contributed by atoms with Crippen LogP contribution in [-0.4, -0.2) is 61.8 Å². The van der Waals surface area contributed by atoms with Gasteiger partial charge in [0.15, 0.2) is 0 Å². The molecule has 1 atom stereocenters. The lowest BCUT2D eigenvalue weighted by Crippen LogP contribution is -2.40. The Balaban J connectivity index is 2.06. The van der Waals surface area contributed by atoms with Gasteiger partial charge in [-0.05, 0) is 0 Å². The number of ether oxygens (including phenoxy) is 2. The summed E-state index contributed by atoms with van der Waals surface area (Å²) in [6, 6.07) is 17.8. The Morgan fingerprint density at radius 2 is 1.56 bits per heavy atom. The van der Waals surface area contributed by atoms with Crippen LogP contribution in [0.15, 0.2) is 83.7 Å². The minimum Gasteiger partial charge on any atom is -0.466 e. The van der Waals surface area contributed by atoms with Gasteiger partial charge in [0.1, 0.15) is 5.57 Å². The normalized spacial score (nSPS) is 21.8. The van der Waals surface area contributed by atoms with Crippen molar-refractivity contribution in [3.05, 3.63) is 94.8 Å². The Hall–Kier alpha value is -3.87. The van der Waals surface area contributed by atoms with Crippen LogP contribution in [0.2, 0.25) is 0 Å². The molecule has 0 aliphatic carbocycles. The van der Waals surface area contributed by atoms with E-state index in [0.717, 1.165) is 0 Å². The molecule has 4 rings (SSSR count). The summed E-state index contributed by atoms with van der Waals surface area (Å²) in [5.74, 6) is -1.72. The van der Waals surface area contributed by atoms with Gasteiger partial charge < -0.3 is 19.3 Å². The summed E-state index contributed by atoms with van der Waals surface area (Å²) < 4.78 is 11.0. The molecule has 32 heavy (non-hydrogen) atoms. The van der Waals surface area contributed by atoms with E-state index < -0.39 is 23.3 Å². The zero-order valence-corrected chi connectivity index (χ0v) is 18.2. The molecule has 0 radical (unpaired) electrons. The Bertz CT molecular complexity index is 1120. The fourth-order valence-corrected chi connectivity index (χ4v) is 4.28. The second-order valence-electron chi connectivity index (χ2n) is 7.75. The average Bonchev–Trinajstić information content (AvgIpc) is 3.10. The van der Waals surface area contributed by atoms with Crippen LogP contribution in [0.3, 0.4) is 0 Å². The highest BCUT2D eigenvalue weighted by Crippen LogP contribution is 2.50. The van der Waals surface area contributed by atoms with E-state index in [0.29, 0.717) is 35.6 Å². The van der Waals surface area contributed by atoms with E-state index in [2.05, 4.69) is 0 Å². The van der Waals surface area contributed by atoms with Crippen molar-refractivity contribution < 1.29 is 23.9 Å². The highest BCUT2D eigenvalue weighted by atomic mass is 16.6. The molecule has 0 saturated carbocycles. The second-order valence-corrected chi connectivity index (χ2v) is 7.75. The van der Waals surface area contributed by atoms with E-state index in [4.69, 9.17) is 9.47 Å². The van der Waals surface area contributed by atoms with Gasteiger partial charge in [-0.15, -0.1) is 0 Å². The Morgan fingerprint density at radius 1 is 0.969 bits per heavy atom. The number of methoxy groups -OCH3 is 1. The number of rotatable bonds is 4. The van der Waals surface area contributed by atoms with Crippen LogP contribution in [0.4, 0.5) is 0 Å². The van der Waals surface area contributed by atoms with Gasteiger partial charge in [0.25, 0.3) is 0 Å². The summed E-state index contributed by atoms with van der Waals surface area (Å²) >= 11 is 0. The molecule has 2 aromatic carbocycles. The number of carbonyl (C=O) groups excluding carboxylic acids is 3. The van der Waals surface area contributed by atoms with Crippen molar-refractivity contribution in [2.24, 2.45) is 0 Å². The van der Waals surface area contributed by atoms with Crippen LogP contribution in [0.1, 0.15) is 15.9 Å². The van der Waals surface area contributed by atoms with Crippen LogP contribution < -0.4 is 0 Å². The average molecular weight is 432 g/mol. The van der Waals surface area contributed by atoms with Crippen molar-refractivity contribution in [3.8, 4) is 0 Å². The van der Waals surface area contributed by atoms with Crippen LogP contribution in [0, 0.1) is 0 Å². The quantitative estimate of drug-likeness (QED) is 0.318. The van der Waals surface area contributed by atoms with Gasteiger partial charge in [-0.3, -0.25) is 4.79 Å². The molecule has 0 spiro atoms. The number of Topliss-reactive ketones (excluding diaryl/α,β-unsaturated/α-hetero) is 1. The first-order valence-electron chi connectivity index (χ1n) is 10.3. The number of nitrogens with zero attached hydrogens (tertiary/aromatic N) is 2. The summed E-state index contributed by atoms with van der Waals surface area (Å²) in [5.41, 5.74) is 0.372. The SMILES string of the molecule is COC(=O)/C=C1\N(C)CCN(C)C2=C(C(=O)c3ccccc3)C(=O)OC21c1ccccc1. The molecule has 0 amide bonds. The van der Waals surface area contributed by atoms with Crippen molar-refractivity contribution >= 4 is 17.7 Å². The number of carbonyl (C=O) groups is 3. The third kappa shape index (κ3) is 3.36. The van der Waals surface area contributed by atoms with Crippen LogP contribution in [0.25, 0.3) is 0 Å². The Morgan fingerprint density at radius 3 is 2.19 bits per heavy atom. The molecular weight excluding hydrogens is 408 g/mol. The predicted octanol–water partition coefficient (Wildman–Crippen LogP) is 2.51. The number of esters is 2. The van der Waals surface area contributed by atoms with Crippen molar-refractivity contribution in [1.29, 1.82) is 0 Å². The monoisotopic (exact) mass is 432 g/mol. The fourth-order valence-electron chi connectivity index (χ4n) is 4.28.